The van der Waals surface area contributed by atoms with Crippen molar-refractivity contribution in [2.24, 2.45) is 52.3 Å². The lowest BCUT2D eigenvalue weighted by Gasteiger charge is -2.58. The Labute approximate surface area is 196 Å². The minimum atomic E-state index is -0.575. The number of Topliss-reactive ketones (excluding diaryl/α,β-unsaturated/α-hetero) is 1. The summed E-state index contributed by atoms with van der Waals surface area (Å²) in [7, 11) is 0. The molecule has 0 aromatic rings. The van der Waals surface area contributed by atoms with E-state index in [9.17, 15) is 15.0 Å². The lowest BCUT2D eigenvalue weighted by molar-refractivity contribution is -0.145. The quantitative estimate of drug-likeness (QED) is 0.481. The molecule has 10 atom stereocenters. The fourth-order valence-electron chi connectivity index (χ4n) is 9.15. The highest BCUT2D eigenvalue weighted by Gasteiger charge is 2.62. The molecular weight excluding hydrogens is 396 g/mol. The molecule has 0 aromatic heterocycles. The molecule has 0 heterocycles. The number of rotatable bonds is 6. The van der Waals surface area contributed by atoms with Crippen molar-refractivity contribution < 1.29 is 15.0 Å². The van der Waals surface area contributed by atoms with Crippen LogP contribution in [0, 0.1) is 52.3 Å². The maximum Gasteiger partial charge on any atom is 0.145 e. The number of fused-ring (bicyclic) bond motifs is 5. The summed E-state index contributed by atoms with van der Waals surface area (Å²) in [6.45, 7) is 14.2. The van der Waals surface area contributed by atoms with Crippen molar-refractivity contribution in [3.05, 3.63) is 11.6 Å². The molecule has 4 aliphatic rings. The molecule has 3 fully saturated rings. The van der Waals surface area contributed by atoms with Crippen LogP contribution in [0.3, 0.4) is 0 Å². The van der Waals surface area contributed by atoms with Gasteiger partial charge in [0.05, 0.1) is 17.6 Å². The molecule has 4 aliphatic carbocycles. The van der Waals surface area contributed by atoms with Gasteiger partial charge in [-0.2, -0.15) is 0 Å². The largest absolute Gasteiger partial charge is 0.392 e. The maximum atomic E-state index is 13.2. The monoisotopic (exact) mass is 444 g/mol. The average Bonchev–Trinajstić information content (AvgIpc) is 3.07. The second-order valence-electron chi connectivity index (χ2n) is 12.9. The van der Waals surface area contributed by atoms with E-state index < -0.39 is 17.6 Å². The van der Waals surface area contributed by atoms with Crippen LogP contribution >= 0.6 is 0 Å². The molecule has 4 rings (SSSR count). The van der Waals surface area contributed by atoms with Crippen LogP contribution in [0.4, 0.5) is 0 Å². The molecule has 0 aromatic carbocycles. The first-order valence-corrected chi connectivity index (χ1v) is 13.6. The van der Waals surface area contributed by atoms with Gasteiger partial charge in [-0.05, 0) is 92.3 Å². The first-order chi connectivity index (χ1) is 15.0. The second kappa shape index (κ2) is 8.84. The Bertz CT molecular complexity index is 741. The van der Waals surface area contributed by atoms with Crippen LogP contribution in [-0.2, 0) is 4.79 Å². The summed E-state index contributed by atoms with van der Waals surface area (Å²) < 4.78 is 0. The Morgan fingerprint density at radius 2 is 1.75 bits per heavy atom. The Morgan fingerprint density at radius 3 is 2.41 bits per heavy atom. The summed E-state index contributed by atoms with van der Waals surface area (Å²) in [6.07, 6.45) is 10.4. The van der Waals surface area contributed by atoms with E-state index >= 15 is 0 Å². The van der Waals surface area contributed by atoms with Gasteiger partial charge in [-0.3, -0.25) is 4.79 Å². The fourth-order valence-corrected chi connectivity index (χ4v) is 9.15. The fraction of sp³-hybridized carbons (Fsp3) is 0.897. The SMILES string of the molecule is CC[C@H](CC[C@@H](C)[C@H]1CC[C@@H]2[C@@H]3[C@H](O)C=C4C[C@@H](O)CC(=O)[C@]4(C)[C@H]3CC[C@@]21C)C(C)C. The van der Waals surface area contributed by atoms with Gasteiger partial charge in [0, 0.05) is 6.42 Å². The van der Waals surface area contributed by atoms with Gasteiger partial charge in [0.1, 0.15) is 5.78 Å². The summed E-state index contributed by atoms with van der Waals surface area (Å²) in [6, 6.07) is 0. The van der Waals surface area contributed by atoms with E-state index in [1.807, 2.05) is 6.08 Å². The van der Waals surface area contributed by atoms with Gasteiger partial charge in [0.2, 0.25) is 0 Å². The molecule has 0 radical (unpaired) electrons. The normalized spacial score (nSPS) is 45.7. The predicted molar refractivity (Wildman–Crippen MR) is 130 cm³/mol. The van der Waals surface area contributed by atoms with Crippen LogP contribution in [0.5, 0.6) is 0 Å². The Morgan fingerprint density at radius 1 is 1.03 bits per heavy atom. The Balaban J connectivity index is 1.55. The van der Waals surface area contributed by atoms with Crippen molar-refractivity contribution in [1.82, 2.24) is 0 Å². The molecule has 0 aliphatic heterocycles. The van der Waals surface area contributed by atoms with E-state index in [4.69, 9.17) is 0 Å². The van der Waals surface area contributed by atoms with E-state index in [0.29, 0.717) is 12.3 Å². The molecule has 2 N–H and O–H groups in total. The number of hydrogen-bond acceptors (Lipinski definition) is 3. The minimum absolute atomic E-state index is 0.193. The lowest BCUT2D eigenvalue weighted by Crippen LogP contribution is -2.57. The molecule has 3 saturated carbocycles. The van der Waals surface area contributed by atoms with Crippen LogP contribution in [0.25, 0.3) is 0 Å². The molecule has 0 spiro atoms. The van der Waals surface area contributed by atoms with Gasteiger partial charge in [-0.15, -0.1) is 0 Å². The zero-order chi connectivity index (χ0) is 23.4. The second-order valence-corrected chi connectivity index (χ2v) is 12.9. The van der Waals surface area contributed by atoms with Gasteiger partial charge in [0.25, 0.3) is 0 Å². The maximum absolute atomic E-state index is 13.2. The van der Waals surface area contributed by atoms with Crippen molar-refractivity contribution in [2.45, 2.75) is 112 Å². The molecule has 182 valence electrons. The highest BCUT2D eigenvalue weighted by Crippen LogP contribution is 2.66. The zero-order valence-corrected chi connectivity index (χ0v) is 21.4. The Hall–Kier alpha value is -0.670. The number of carbonyl (C=O) groups is 1. The van der Waals surface area contributed by atoms with E-state index in [2.05, 4.69) is 41.5 Å². The van der Waals surface area contributed by atoms with Crippen molar-refractivity contribution in [3.63, 3.8) is 0 Å². The number of ketones is 1. The predicted octanol–water partition coefficient (Wildman–Crippen LogP) is 6.17. The molecule has 0 bridgehead atoms. The van der Waals surface area contributed by atoms with Gasteiger partial charge in [-0.25, -0.2) is 0 Å². The molecule has 0 unspecified atom stereocenters. The van der Waals surface area contributed by atoms with Crippen molar-refractivity contribution >= 4 is 5.78 Å². The first-order valence-electron chi connectivity index (χ1n) is 13.6. The summed E-state index contributed by atoms with van der Waals surface area (Å²) in [5.74, 6) is 4.18. The summed E-state index contributed by atoms with van der Waals surface area (Å²) in [5, 5.41) is 21.5. The first kappa shape index (κ1) is 24.5. The van der Waals surface area contributed by atoms with E-state index in [1.54, 1.807) is 0 Å². The van der Waals surface area contributed by atoms with Crippen LogP contribution < -0.4 is 0 Å². The van der Waals surface area contributed by atoms with Crippen LogP contribution in [0.15, 0.2) is 11.6 Å². The third kappa shape index (κ3) is 3.74. The summed E-state index contributed by atoms with van der Waals surface area (Å²) >= 11 is 0. The van der Waals surface area contributed by atoms with Crippen LogP contribution in [-0.4, -0.2) is 28.2 Å². The van der Waals surface area contributed by atoms with Crippen molar-refractivity contribution in [3.8, 4) is 0 Å². The van der Waals surface area contributed by atoms with Gasteiger partial charge >= 0.3 is 0 Å². The highest BCUT2D eigenvalue weighted by molar-refractivity contribution is 5.90. The lowest BCUT2D eigenvalue weighted by atomic mass is 9.46. The number of hydrogen-bond donors (Lipinski definition) is 2. The van der Waals surface area contributed by atoms with E-state index in [0.717, 1.165) is 35.7 Å². The van der Waals surface area contributed by atoms with E-state index in [-0.39, 0.29) is 29.5 Å². The molecule has 0 amide bonds. The zero-order valence-electron chi connectivity index (χ0n) is 21.4. The van der Waals surface area contributed by atoms with Crippen LogP contribution in [0.2, 0.25) is 0 Å². The third-order valence-corrected chi connectivity index (χ3v) is 11.2. The van der Waals surface area contributed by atoms with Crippen LogP contribution in [0.1, 0.15) is 99.3 Å². The van der Waals surface area contributed by atoms with Gasteiger partial charge < -0.3 is 10.2 Å². The topological polar surface area (TPSA) is 57.5 Å². The number of carbonyl (C=O) groups excluding carboxylic acids is 1. The molecule has 0 saturated heterocycles. The van der Waals surface area contributed by atoms with E-state index in [1.165, 1.54) is 38.5 Å². The Kier molecular flexibility index (Phi) is 6.75. The minimum Gasteiger partial charge on any atom is -0.392 e. The summed E-state index contributed by atoms with van der Waals surface area (Å²) in [4.78, 5) is 13.2. The molecule has 3 heteroatoms. The molecular formula is C29H48O3. The highest BCUT2D eigenvalue weighted by atomic mass is 16.3. The standard InChI is InChI=1S/C29H48O3/c1-7-19(17(2)3)9-8-18(4)22-10-11-23-27-24(12-13-28(22,23)5)29(6)20(15-25(27)31)14-21(30)16-26(29)32/h15,17-19,21-25,27,30-31H,7-14,16H2,1-6H3/t18-,19-,21-,22-,23-,24+,25-,27+,28-,29+/m1/s1. The van der Waals surface area contributed by atoms with Gasteiger partial charge in [-0.1, -0.05) is 59.1 Å². The molecule has 3 nitrogen and oxygen atoms in total. The average molecular weight is 445 g/mol. The number of aliphatic hydroxyl groups is 2. The molecule has 32 heavy (non-hydrogen) atoms. The third-order valence-electron chi connectivity index (χ3n) is 11.2. The number of aliphatic hydroxyl groups excluding tert-OH is 2. The van der Waals surface area contributed by atoms with Gasteiger partial charge in [0.15, 0.2) is 0 Å². The van der Waals surface area contributed by atoms with Crippen molar-refractivity contribution in [2.75, 3.05) is 0 Å². The summed E-state index contributed by atoms with van der Waals surface area (Å²) in [5.41, 5.74) is 0.820. The van der Waals surface area contributed by atoms with Crippen molar-refractivity contribution in [1.29, 1.82) is 0 Å². The smallest absolute Gasteiger partial charge is 0.145 e.